The van der Waals surface area contributed by atoms with Crippen molar-refractivity contribution >= 4 is 40.6 Å². The second kappa shape index (κ2) is 10.4. The highest BCUT2D eigenvalue weighted by Gasteiger charge is 2.33. The summed E-state index contributed by atoms with van der Waals surface area (Å²) < 4.78 is 11.0. The van der Waals surface area contributed by atoms with E-state index in [-0.39, 0.29) is 11.9 Å². The summed E-state index contributed by atoms with van der Waals surface area (Å²) in [5.41, 5.74) is 2.13. The van der Waals surface area contributed by atoms with Crippen LogP contribution in [0.15, 0.2) is 81.0 Å². The third-order valence-electron chi connectivity index (χ3n) is 4.90. The molecular weight excluding hydrogens is 436 g/mol. The van der Waals surface area contributed by atoms with E-state index in [1.54, 1.807) is 30.0 Å². The van der Waals surface area contributed by atoms with Crippen LogP contribution in [0, 0.1) is 0 Å². The lowest BCUT2D eigenvalue weighted by molar-refractivity contribution is -0.122. The third kappa shape index (κ3) is 5.26. The highest BCUT2D eigenvalue weighted by Crippen LogP contribution is 2.35. The van der Waals surface area contributed by atoms with Crippen LogP contribution in [0.5, 0.6) is 0 Å². The van der Waals surface area contributed by atoms with Gasteiger partial charge in [0.15, 0.2) is 5.17 Å². The summed E-state index contributed by atoms with van der Waals surface area (Å²) in [5.74, 6) is 0.799. The van der Waals surface area contributed by atoms with E-state index in [4.69, 9.17) is 9.15 Å². The minimum absolute atomic E-state index is 0.0757. The predicted octanol–water partition coefficient (Wildman–Crippen LogP) is 6.14. The molecule has 0 aliphatic carbocycles. The summed E-state index contributed by atoms with van der Waals surface area (Å²) in [7, 11) is 0. The van der Waals surface area contributed by atoms with Gasteiger partial charge in [-0.3, -0.25) is 9.69 Å². The van der Waals surface area contributed by atoms with Gasteiger partial charge >= 0.3 is 5.97 Å². The van der Waals surface area contributed by atoms with Crippen molar-refractivity contribution in [2.24, 2.45) is 4.99 Å². The monoisotopic (exact) mass is 460 g/mol. The number of amides is 1. The number of hydrogen-bond acceptors (Lipinski definition) is 6. The highest BCUT2D eigenvalue weighted by atomic mass is 32.2. The SMILES string of the molecule is CCCN1C(=O)/C(=C\c2ccc(-c3ccc(C(=O)OCC)cc3)o2)SC1=Nc1ccccc1. The van der Waals surface area contributed by atoms with Crippen molar-refractivity contribution in [1.82, 2.24) is 4.90 Å². The second-order valence-electron chi connectivity index (χ2n) is 7.30. The second-order valence-corrected chi connectivity index (χ2v) is 8.31. The zero-order valence-corrected chi connectivity index (χ0v) is 19.3. The maximum atomic E-state index is 13.0. The number of rotatable bonds is 7. The standard InChI is InChI=1S/C26H24N2O4S/c1-3-16-28-24(29)23(33-26(28)27-20-8-6-5-7-9-20)17-21-14-15-22(32-21)18-10-12-19(13-11-18)25(30)31-4-2/h5-15,17H,3-4,16H2,1-2H3/b23-17+,27-26?. The van der Waals surface area contributed by atoms with Crippen LogP contribution in [-0.2, 0) is 9.53 Å². The van der Waals surface area contributed by atoms with Crippen LogP contribution < -0.4 is 0 Å². The molecule has 2 aromatic carbocycles. The van der Waals surface area contributed by atoms with Crippen molar-refractivity contribution in [1.29, 1.82) is 0 Å². The molecule has 0 unspecified atom stereocenters. The van der Waals surface area contributed by atoms with Gasteiger partial charge in [0.05, 0.1) is 22.8 Å². The Hall–Kier alpha value is -3.58. The molecule has 1 saturated heterocycles. The average molecular weight is 461 g/mol. The van der Waals surface area contributed by atoms with Crippen LogP contribution in [0.25, 0.3) is 17.4 Å². The number of thioether (sulfide) groups is 1. The summed E-state index contributed by atoms with van der Waals surface area (Å²) in [4.78, 5) is 31.8. The number of carbonyl (C=O) groups excluding carboxylic acids is 2. The molecule has 0 N–H and O–H groups in total. The Kier molecular flexibility index (Phi) is 7.10. The van der Waals surface area contributed by atoms with Crippen LogP contribution in [0.4, 0.5) is 5.69 Å². The number of ether oxygens (including phenoxy) is 1. The summed E-state index contributed by atoms with van der Waals surface area (Å²) in [5, 5.41) is 0.667. The molecule has 3 aromatic rings. The lowest BCUT2D eigenvalue weighted by atomic mass is 10.1. The van der Waals surface area contributed by atoms with Crippen LogP contribution in [0.3, 0.4) is 0 Å². The van der Waals surface area contributed by atoms with Crippen molar-refractivity contribution in [3.63, 3.8) is 0 Å². The molecule has 4 rings (SSSR count). The normalized spacial score (nSPS) is 16.1. The predicted molar refractivity (Wildman–Crippen MR) is 131 cm³/mol. The lowest BCUT2D eigenvalue weighted by Crippen LogP contribution is -2.29. The Morgan fingerprint density at radius 3 is 2.52 bits per heavy atom. The zero-order valence-electron chi connectivity index (χ0n) is 18.5. The number of amidine groups is 1. The molecule has 0 spiro atoms. The van der Waals surface area contributed by atoms with E-state index in [2.05, 4.69) is 4.99 Å². The van der Waals surface area contributed by atoms with Crippen LogP contribution in [0.2, 0.25) is 0 Å². The van der Waals surface area contributed by atoms with Gasteiger partial charge in [0.1, 0.15) is 11.5 Å². The Morgan fingerprint density at radius 2 is 1.82 bits per heavy atom. The van der Waals surface area contributed by atoms with E-state index in [0.29, 0.717) is 40.3 Å². The average Bonchev–Trinajstić information content (AvgIpc) is 3.41. The highest BCUT2D eigenvalue weighted by molar-refractivity contribution is 8.18. The number of nitrogens with zero attached hydrogens (tertiary/aromatic N) is 2. The zero-order chi connectivity index (χ0) is 23.2. The molecule has 0 saturated carbocycles. The molecule has 1 aliphatic heterocycles. The fourth-order valence-electron chi connectivity index (χ4n) is 3.32. The van der Waals surface area contributed by atoms with Crippen LogP contribution >= 0.6 is 11.8 Å². The van der Waals surface area contributed by atoms with E-state index < -0.39 is 0 Å². The molecule has 1 fully saturated rings. The Bertz CT molecular complexity index is 1200. The lowest BCUT2D eigenvalue weighted by Gasteiger charge is -2.13. The molecule has 1 amide bonds. The molecule has 33 heavy (non-hydrogen) atoms. The van der Waals surface area contributed by atoms with Crippen molar-refractivity contribution in [2.75, 3.05) is 13.2 Å². The molecular formula is C26H24N2O4S. The molecule has 1 aromatic heterocycles. The summed E-state index contributed by atoms with van der Waals surface area (Å²) >= 11 is 1.35. The summed E-state index contributed by atoms with van der Waals surface area (Å²) in [6.45, 7) is 4.74. The van der Waals surface area contributed by atoms with Crippen LogP contribution in [0.1, 0.15) is 36.4 Å². The van der Waals surface area contributed by atoms with Crippen molar-refractivity contribution in [3.05, 3.63) is 83.0 Å². The maximum absolute atomic E-state index is 13.0. The van der Waals surface area contributed by atoms with Gasteiger partial charge in [-0.1, -0.05) is 37.3 Å². The molecule has 0 bridgehead atoms. The van der Waals surface area contributed by atoms with Gasteiger partial charge in [0.2, 0.25) is 0 Å². The number of carbonyl (C=O) groups is 2. The van der Waals surface area contributed by atoms with Gasteiger partial charge in [0, 0.05) is 18.2 Å². The molecule has 168 valence electrons. The maximum Gasteiger partial charge on any atom is 0.338 e. The summed E-state index contributed by atoms with van der Waals surface area (Å²) in [6, 6.07) is 20.3. The molecule has 0 atom stereocenters. The van der Waals surface area contributed by atoms with Crippen molar-refractivity contribution in [2.45, 2.75) is 20.3 Å². The van der Waals surface area contributed by atoms with E-state index in [9.17, 15) is 9.59 Å². The Balaban J connectivity index is 1.55. The Labute approximate surface area is 197 Å². The van der Waals surface area contributed by atoms with Gasteiger partial charge in [-0.15, -0.1) is 0 Å². The fraction of sp³-hybridized carbons (Fsp3) is 0.192. The molecule has 7 heteroatoms. The fourth-order valence-corrected chi connectivity index (χ4v) is 4.33. The van der Waals surface area contributed by atoms with E-state index in [1.165, 1.54) is 11.8 Å². The number of aliphatic imine (C=N–C) groups is 1. The summed E-state index contributed by atoms with van der Waals surface area (Å²) in [6.07, 6.45) is 2.58. The minimum Gasteiger partial charge on any atom is -0.462 e. The first kappa shape index (κ1) is 22.6. The molecule has 2 heterocycles. The number of para-hydroxylation sites is 1. The van der Waals surface area contributed by atoms with E-state index in [0.717, 1.165) is 17.7 Å². The van der Waals surface area contributed by atoms with Crippen molar-refractivity contribution in [3.8, 4) is 11.3 Å². The van der Waals surface area contributed by atoms with Crippen LogP contribution in [-0.4, -0.2) is 35.1 Å². The molecule has 1 aliphatic rings. The van der Waals surface area contributed by atoms with E-state index in [1.807, 2.05) is 61.5 Å². The number of esters is 1. The van der Waals surface area contributed by atoms with E-state index >= 15 is 0 Å². The molecule has 6 nitrogen and oxygen atoms in total. The quantitative estimate of drug-likeness (QED) is 0.313. The van der Waals surface area contributed by atoms with Crippen molar-refractivity contribution < 1.29 is 18.7 Å². The van der Waals surface area contributed by atoms with Gasteiger partial charge in [-0.05, 0) is 61.5 Å². The number of benzene rings is 2. The van der Waals surface area contributed by atoms with Gasteiger partial charge in [0.25, 0.3) is 5.91 Å². The van der Waals surface area contributed by atoms with Gasteiger partial charge in [-0.25, -0.2) is 9.79 Å². The first-order valence-corrected chi connectivity index (χ1v) is 11.6. The topological polar surface area (TPSA) is 72.1 Å². The largest absolute Gasteiger partial charge is 0.462 e. The number of hydrogen-bond donors (Lipinski definition) is 0. The Morgan fingerprint density at radius 1 is 1.06 bits per heavy atom. The number of furan rings is 1. The first-order valence-electron chi connectivity index (χ1n) is 10.8. The molecule has 0 radical (unpaired) electrons. The first-order chi connectivity index (χ1) is 16.1. The van der Waals surface area contributed by atoms with Gasteiger partial charge in [-0.2, -0.15) is 0 Å². The third-order valence-corrected chi connectivity index (χ3v) is 5.90. The smallest absolute Gasteiger partial charge is 0.338 e. The minimum atomic E-state index is -0.352. The van der Waals surface area contributed by atoms with Gasteiger partial charge < -0.3 is 9.15 Å².